The lowest BCUT2D eigenvalue weighted by Gasteiger charge is -2.10. The summed E-state index contributed by atoms with van der Waals surface area (Å²) in [5.41, 5.74) is 9.40. The van der Waals surface area contributed by atoms with Crippen molar-refractivity contribution in [3.63, 3.8) is 0 Å². The highest BCUT2D eigenvalue weighted by molar-refractivity contribution is 7.80. The number of hydrogen-bond donors (Lipinski definition) is 2. The van der Waals surface area contributed by atoms with Crippen molar-refractivity contribution >= 4 is 23.0 Å². The van der Waals surface area contributed by atoms with Crippen molar-refractivity contribution in [1.29, 1.82) is 0 Å². The summed E-state index contributed by atoms with van der Waals surface area (Å²) in [6, 6.07) is 4.84. The predicted molar refractivity (Wildman–Crippen MR) is 87.2 cm³/mol. The number of anilines is 1. The maximum Gasteiger partial charge on any atom is 0.134 e. The van der Waals surface area contributed by atoms with Crippen LogP contribution in [0, 0.1) is 19.7 Å². The van der Waals surface area contributed by atoms with Crippen molar-refractivity contribution in [2.75, 3.05) is 11.9 Å². The van der Waals surface area contributed by atoms with Gasteiger partial charge in [0.25, 0.3) is 0 Å². The van der Waals surface area contributed by atoms with Crippen LogP contribution in [0.2, 0.25) is 0 Å². The van der Waals surface area contributed by atoms with E-state index < -0.39 is 0 Å². The minimum absolute atomic E-state index is 0.206. The fourth-order valence-electron chi connectivity index (χ4n) is 2.41. The van der Waals surface area contributed by atoms with E-state index in [4.69, 9.17) is 18.0 Å². The Bertz CT molecular complexity index is 679. The van der Waals surface area contributed by atoms with Crippen molar-refractivity contribution in [2.24, 2.45) is 12.8 Å². The molecule has 0 spiro atoms. The fourth-order valence-corrected chi connectivity index (χ4v) is 2.66. The summed E-state index contributed by atoms with van der Waals surface area (Å²) in [4.78, 5) is 0.334. The van der Waals surface area contributed by atoms with Crippen LogP contribution in [-0.4, -0.2) is 21.3 Å². The summed E-state index contributed by atoms with van der Waals surface area (Å²) >= 11 is 5.07. The highest BCUT2D eigenvalue weighted by Gasteiger charge is 2.15. The molecule has 21 heavy (non-hydrogen) atoms. The number of hydrogen-bond acceptors (Lipinski definition) is 3. The van der Waals surface area contributed by atoms with E-state index in [9.17, 15) is 4.39 Å². The van der Waals surface area contributed by atoms with E-state index in [-0.39, 0.29) is 5.82 Å². The van der Waals surface area contributed by atoms with Crippen LogP contribution in [0.1, 0.15) is 22.4 Å². The molecule has 0 saturated heterocycles. The van der Waals surface area contributed by atoms with Crippen LogP contribution in [0.4, 0.5) is 10.2 Å². The van der Waals surface area contributed by atoms with Crippen molar-refractivity contribution in [2.45, 2.75) is 20.3 Å². The SMILES string of the molecule is Cc1cc(F)ccc1CCNc1c(C(N)=S)c(C)nn1C. The molecule has 0 aliphatic heterocycles. The summed E-state index contributed by atoms with van der Waals surface area (Å²) in [6.45, 7) is 4.48. The van der Waals surface area contributed by atoms with Gasteiger partial charge in [0.15, 0.2) is 0 Å². The molecule has 2 aromatic rings. The number of nitrogens with zero attached hydrogens (tertiary/aromatic N) is 2. The lowest BCUT2D eigenvalue weighted by atomic mass is 10.1. The Morgan fingerprint density at radius 2 is 2.14 bits per heavy atom. The molecule has 6 heteroatoms. The molecule has 0 saturated carbocycles. The number of benzene rings is 1. The third kappa shape index (κ3) is 3.39. The molecular weight excluding hydrogens is 287 g/mol. The molecule has 0 unspecified atom stereocenters. The number of thiocarbonyl (C=S) groups is 1. The molecule has 2 rings (SSSR count). The van der Waals surface area contributed by atoms with E-state index >= 15 is 0 Å². The first-order valence-electron chi connectivity index (χ1n) is 6.72. The van der Waals surface area contributed by atoms with Gasteiger partial charge in [-0.1, -0.05) is 18.3 Å². The van der Waals surface area contributed by atoms with Crippen LogP contribution in [0.5, 0.6) is 0 Å². The molecule has 112 valence electrons. The fraction of sp³-hybridized carbons (Fsp3) is 0.333. The normalized spacial score (nSPS) is 10.7. The first kappa shape index (κ1) is 15.4. The van der Waals surface area contributed by atoms with Gasteiger partial charge in [0.2, 0.25) is 0 Å². The first-order chi connectivity index (χ1) is 9.90. The van der Waals surface area contributed by atoms with E-state index in [1.54, 1.807) is 10.7 Å². The van der Waals surface area contributed by atoms with E-state index in [0.717, 1.165) is 34.6 Å². The van der Waals surface area contributed by atoms with Gasteiger partial charge in [0.05, 0.1) is 11.3 Å². The largest absolute Gasteiger partial charge is 0.389 e. The van der Waals surface area contributed by atoms with Gasteiger partial charge in [0, 0.05) is 13.6 Å². The third-order valence-electron chi connectivity index (χ3n) is 3.46. The average molecular weight is 306 g/mol. The lowest BCUT2D eigenvalue weighted by Crippen LogP contribution is -2.16. The summed E-state index contributed by atoms with van der Waals surface area (Å²) in [5, 5.41) is 7.64. The van der Waals surface area contributed by atoms with Gasteiger partial charge in [0.1, 0.15) is 16.6 Å². The van der Waals surface area contributed by atoms with Crippen LogP contribution in [-0.2, 0) is 13.5 Å². The Balaban J connectivity index is 2.09. The highest BCUT2D eigenvalue weighted by atomic mass is 32.1. The van der Waals surface area contributed by atoms with Gasteiger partial charge in [-0.25, -0.2) is 4.39 Å². The molecule has 4 nitrogen and oxygen atoms in total. The van der Waals surface area contributed by atoms with Crippen molar-refractivity contribution in [3.8, 4) is 0 Å². The molecular formula is C15H19FN4S. The first-order valence-corrected chi connectivity index (χ1v) is 7.13. The van der Waals surface area contributed by atoms with Gasteiger partial charge < -0.3 is 11.1 Å². The molecule has 0 radical (unpaired) electrons. The van der Waals surface area contributed by atoms with Crippen molar-refractivity contribution < 1.29 is 4.39 Å². The molecule has 0 fully saturated rings. The quantitative estimate of drug-likeness (QED) is 0.833. The summed E-state index contributed by atoms with van der Waals surface area (Å²) in [5.74, 6) is 0.613. The smallest absolute Gasteiger partial charge is 0.134 e. The second kappa shape index (κ2) is 6.22. The molecule has 1 heterocycles. The van der Waals surface area contributed by atoms with Crippen LogP contribution >= 0.6 is 12.2 Å². The van der Waals surface area contributed by atoms with E-state index in [0.29, 0.717) is 11.5 Å². The van der Waals surface area contributed by atoms with Crippen LogP contribution < -0.4 is 11.1 Å². The van der Waals surface area contributed by atoms with Gasteiger partial charge in [-0.2, -0.15) is 5.10 Å². The summed E-state index contributed by atoms with van der Waals surface area (Å²) in [6.07, 6.45) is 0.785. The topological polar surface area (TPSA) is 55.9 Å². The van der Waals surface area contributed by atoms with Crippen molar-refractivity contribution in [1.82, 2.24) is 9.78 Å². The monoisotopic (exact) mass is 306 g/mol. The highest BCUT2D eigenvalue weighted by Crippen LogP contribution is 2.19. The Labute approximate surface area is 129 Å². The number of aryl methyl sites for hydroxylation is 3. The Morgan fingerprint density at radius 3 is 2.76 bits per heavy atom. The molecule has 0 bridgehead atoms. The Kier molecular flexibility index (Phi) is 4.57. The molecule has 0 atom stereocenters. The number of halogens is 1. The Hall–Kier alpha value is -1.95. The Morgan fingerprint density at radius 1 is 1.43 bits per heavy atom. The average Bonchev–Trinajstić information content (AvgIpc) is 2.66. The van der Waals surface area contributed by atoms with Crippen LogP contribution in [0.15, 0.2) is 18.2 Å². The molecule has 1 aromatic carbocycles. The zero-order valence-electron chi connectivity index (χ0n) is 12.4. The maximum atomic E-state index is 13.1. The number of nitrogens with one attached hydrogen (secondary N) is 1. The van der Waals surface area contributed by atoms with Gasteiger partial charge in [-0.15, -0.1) is 0 Å². The number of rotatable bonds is 5. The minimum Gasteiger partial charge on any atom is -0.389 e. The van der Waals surface area contributed by atoms with Crippen LogP contribution in [0.25, 0.3) is 0 Å². The predicted octanol–water partition coefficient (Wildman–Crippen LogP) is 2.46. The molecule has 3 N–H and O–H groups in total. The molecule has 1 aromatic heterocycles. The number of nitrogens with two attached hydrogens (primary N) is 1. The van der Waals surface area contributed by atoms with E-state index in [2.05, 4.69) is 10.4 Å². The zero-order valence-corrected chi connectivity index (χ0v) is 13.2. The zero-order chi connectivity index (χ0) is 15.6. The second-order valence-corrected chi connectivity index (χ2v) is 5.48. The molecule has 0 aliphatic carbocycles. The third-order valence-corrected chi connectivity index (χ3v) is 3.66. The molecule has 0 aliphatic rings. The minimum atomic E-state index is -0.206. The lowest BCUT2D eigenvalue weighted by molar-refractivity contribution is 0.625. The second-order valence-electron chi connectivity index (χ2n) is 5.04. The van der Waals surface area contributed by atoms with Crippen molar-refractivity contribution in [3.05, 3.63) is 46.4 Å². The van der Waals surface area contributed by atoms with Gasteiger partial charge in [-0.05, 0) is 43.5 Å². The summed E-state index contributed by atoms with van der Waals surface area (Å²) in [7, 11) is 1.85. The standard InChI is InChI=1S/C15H19FN4S/c1-9-8-12(16)5-4-11(9)6-7-18-15-13(14(17)21)10(2)19-20(15)3/h4-5,8,18H,6-7H2,1-3H3,(H2,17,21). The summed E-state index contributed by atoms with van der Waals surface area (Å²) < 4.78 is 14.8. The maximum absolute atomic E-state index is 13.1. The molecule has 0 amide bonds. The van der Waals surface area contributed by atoms with E-state index in [1.165, 1.54) is 6.07 Å². The van der Waals surface area contributed by atoms with Crippen LogP contribution in [0.3, 0.4) is 0 Å². The van der Waals surface area contributed by atoms with Gasteiger partial charge in [-0.3, -0.25) is 4.68 Å². The van der Waals surface area contributed by atoms with E-state index in [1.807, 2.05) is 27.0 Å². The number of aromatic nitrogens is 2. The van der Waals surface area contributed by atoms with Gasteiger partial charge >= 0.3 is 0 Å².